The highest BCUT2D eigenvalue weighted by molar-refractivity contribution is 5.85. The number of nitrogens with zero attached hydrogens (tertiary/aromatic N) is 1. The lowest BCUT2D eigenvalue weighted by atomic mass is 10.1. The summed E-state index contributed by atoms with van der Waals surface area (Å²) < 4.78 is 5.45. The van der Waals surface area contributed by atoms with E-state index in [2.05, 4.69) is 19.2 Å². The molecule has 2 saturated heterocycles. The molecule has 1 aromatic carbocycles. The zero-order valence-corrected chi connectivity index (χ0v) is 12.8. The predicted molar refractivity (Wildman–Crippen MR) is 81.6 cm³/mol. The lowest BCUT2D eigenvalue weighted by Gasteiger charge is -2.29. The Kier molecular flexibility index (Phi) is 4.27. The lowest BCUT2D eigenvalue weighted by molar-refractivity contribution is -0.131. The summed E-state index contributed by atoms with van der Waals surface area (Å²) in [5.74, 6) is 1.07. The van der Waals surface area contributed by atoms with Crippen molar-refractivity contribution in [1.29, 1.82) is 0 Å². The summed E-state index contributed by atoms with van der Waals surface area (Å²) in [6.07, 6.45) is 1.17. The molecule has 114 valence electrons. The van der Waals surface area contributed by atoms with Crippen LogP contribution in [0.4, 0.5) is 0 Å². The Labute approximate surface area is 126 Å². The molecule has 3 atom stereocenters. The first-order valence-corrected chi connectivity index (χ1v) is 7.86. The van der Waals surface area contributed by atoms with Gasteiger partial charge in [-0.2, -0.15) is 0 Å². The molecule has 1 amide bonds. The molecule has 2 heterocycles. The van der Waals surface area contributed by atoms with Crippen LogP contribution in [0.15, 0.2) is 30.3 Å². The van der Waals surface area contributed by atoms with E-state index in [0.29, 0.717) is 11.8 Å². The van der Waals surface area contributed by atoms with Gasteiger partial charge in [0.05, 0.1) is 12.8 Å². The lowest BCUT2D eigenvalue weighted by Crippen LogP contribution is -2.43. The Hall–Kier alpha value is -1.39. The highest BCUT2D eigenvalue weighted by Crippen LogP contribution is 2.29. The number of carbonyl (C=O) groups excluding carboxylic acids is 1. The van der Waals surface area contributed by atoms with E-state index in [1.54, 1.807) is 0 Å². The average Bonchev–Trinajstić information content (AvgIpc) is 3.10. The fourth-order valence-corrected chi connectivity index (χ4v) is 3.28. The summed E-state index contributed by atoms with van der Waals surface area (Å²) in [5.41, 5.74) is 1.05. The van der Waals surface area contributed by atoms with Crippen molar-refractivity contribution in [2.75, 3.05) is 19.8 Å². The maximum atomic E-state index is 12.8. The van der Waals surface area contributed by atoms with Gasteiger partial charge in [0.1, 0.15) is 6.04 Å². The SMILES string of the molecule is CC(C)C1NC(c2ccccc2)C(=O)N1CC1CCOC1. The van der Waals surface area contributed by atoms with E-state index in [0.717, 1.165) is 31.7 Å². The first-order chi connectivity index (χ1) is 10.2. The maximum absolute atomic E-state index is 12.8. The third kappa shape index (κ3) is 2.97. The van der Waals surface area contributed by atoms with Gasteiger partial charge in [-0.25, -0.2) is 0 Å². The zero-order valence-electron chi connectivity index (χ0n) is 12.8. The molecule has 3 rings (SSSR count). The molecule has 4 nitrogen and oxygen atoms in total. The number of rotatable bonds is 4. The summed E-state index contributed by atoms with van der Waals surface area (Å²) in [6, 6.07) is 9.80. The Morgan fingerprint density at radius 2 is 2.10 bits per heavy atom. The summed E-state index contributed by atoms with van der Waals surface area (Å²) in [7, 11) is 0. The largest absolute Gasteiger partial charge is 0.381 e. The number of carbonyl (C=O) groups is 1. The molecule has 4 heteroatoms. The number of hydrogen-bond acceptors (Lipinski definition) is 3. The van der Waals surface area contributed by atoms with E-state index in [9.17, 15) is 4.79 Å². The van der Waals surface area contributed by atoms with Crippen molar-refractivity contribution in [2.24, 2.45) is 11.8 Å². The molecule has 0 aromatic heterocycles. The zero-order chi connectivity index (χ0) is 14.8. The van der Waals surface area contributed by atoms with Gasteiger partial charge in [-0.15, -0.1) is 0 Å². The predicted octanol–water partition coefficient (Wildman–Crippen LogP) is 2.18. The van der Waals surface area contributed by atoms with Crippen molar-refractivity contribution >= 4 is 5.91 Å². The van der Waals surface area contributed by atoms with Crippen LogP contribution >= 0.6 is 0 Å². The number of amides is 1. The summed E-state index contributed by atoms with van der Waals surface area (Å²) >= 11 is 0. The summed E-state index contributed by atoms with van der Waals surface area (Å²) in [4.78, 5) is 14.9. The minimum atomic E-state index is -0.207. The van der Waals surface area contributed by atoms with Gasteiger partial charge in [0.2, 0.25) is 5.91 Å². The molecule has 0 aliphatic carbocycles. The standard InChI is InChI=1S/C17H24N2O2/c1-12(2)16-18-15(14-6-4-3-5-7-14)17(20)19(16)10-13-8-9-21-11-13/h3-7,12-13,15-16,18H,8-11H2,1-2H3. The van der Waals surface area contributed by atoms with Gasteiger partial charge in [-0.1, -0.05) is 44.2 Å². The smallest absolute Gasteiger partial charge is 0.245 e. The number of ether oxygens (including phenoxy) is 1. The molecule has 3 unspecified atom stereocenters. The molecule has 21 heavy (non-hydrogen) atoms. The molecular weight excluding hydrogens is 264 g/mol. The van der Waals surface area contributed by atoms with Crippen LogP contribution in [0.5, 0.6) is 0 Å². The van der Waals surface area contributed by atoms with Crippen molar-refractivity contribution < 1.29 is 9.53 Å². The van der Waals surface area contributed by atoms with Crippen LogP contribution in [-0.2, 0) is 9.53 Å². The summed E-state index contributed by atoms with van der Waals surface area (Å²) in [6.45, 7) is 6.74. The topological polar surface area (TPSA) is 41.6 Å². The molecule has 2 aliphatic heterocycles. The van der Waals surface area contributed by atoms with Crippen LogP contribution in [0.2, 0.25) is 0 Å². The third-order valence-corrected chi connectivity index (χ3v) is 4.45. The van der Waals surface area contributed by atoms with Crippen LogP contribution in [0.3, 0.4) is 0 Å². The Balaban J connectivity index is 1.78. The second-order valence-corrected chi connectivity index (χ2v) is 6.42. The molecule has 0 spiro atoms. The van der Waals surface area contributed by atoms with Gasteiger partial charge in [0.25, 0.3) is 0 Å². The fourth-order valence-electron chi connectivity index (χ4n) is 3.28. The number of hydrogen-bond donors (Lipinski definition) is 1. The van der Waals surface area contributed by atoms with Gasteiger partial charge in [-0.3, -0.25) is 10.1 Å². The molecule has 2 fully saturated rings. The van der Waals surface area contributed by atoms with Crippen LogP contribution in [0.25, 0.3) is 0 Å². The minimum absolute atomic E-state index is 0.114. The summed E-state index contributed by atoms with van der Waals surface area (Å²) in [5, 5.41) is 3.52. The van der Waals surface area contributed by atoms with Gasteiger partial charge >= 0.3 is 0 Å². The molecule has 0 bridgehead atoms. The van der Waals surface area contributed by atoms with Crippen molar-refractivity contribution in [3.05, 3.63) is 35.9 Å². The first-order valence-electron chi connectivity index (χ1n) is 7.86. The van der Waals surface area contributed by atoms with Gasteiger partial charge in [0, 0.05) is 19.1 Å². The van der Waals surface area contributed by atoms with Gasteiger partial charge < -0.3 is 9.64 Å². The molecule has 2 aliphatic rings. The number of nitrogens with one attached hydrogen (secondary N) is 1. The normalized spacial score (nSPS) is 29.6. The molecule has 1 aromatic rings. The third-order valence-electron chi connectivity index (χ3n) is 4.45. The second-order valence-electron chi connectivity index (χ2n) is 6.42. The second kappa shape index (κ2) is 6.16. The van der Waals surface area contributed by atoms with E-state index >= 15 is 0 Å². The molecule has 1 N–H and O–H groups in total. The highest BCUT2D eigenvalue weighted by atomic mass is 16.5. The first kappa shape index (κ1) is 14.5. The van der Waals surface area contributed by atoms with Crippen molar-refractivity contribution in [3.63, 3.8) is 0 Å². The van der Waals surface area contributed by atoms with Crippen LogP contribution in [0.1, 0.15) is 31.9 Å². The fraction of sp³-hybridized carbons (Fsp3) is 0.588. The van der Waals surface area contributed by atoms with Crippen LogP contribution < -0.4 is 5.32 Å². The van der Waals surface area contributed by atoms with E-state index in [-0.39, 0.29) is 18.1 Å². The molecule has 0 radical (unpaired) electrons. The Morgan fingerprint density at radius 1 is 1.33 bits per heavy atom. The molecular formula is C17H24N2O2. The van der Waals surface area contributed by atoms with E-state index < -0.39 is 0 Å². The van der Waals surface area contributed by atoms with Crippen LogP contribution in [-0.4, -0.2) is 36.7 Å². The van der Waals surface area contributed by atoms with E-state index in [4.69, 9.17) is 4.74 Å². The van der Waals surface area contributed by atoms with Gasteiger partial charge in [0.15, 0.2) is 0 Å². The van der Waals surface area contributed by atoms with Crippen molar-refractivity contribution in [1.82, 2.24) is 10.2 Å². The van der Waals surface area contributed by atoms with Crippen LogP contribution in [0, 0.1) is 11.8 Å². The maximum Gasteiger partial charge on any atom is 0.245 e. The highest BCUT2D eigenvalue weighted by Gasteiger charge is 2.41. The van der Waals surface area contributed by atoms with Crippen molar-refractivity contribution in [2.45, 2.75) is 32.5 Å². The molecule has 0 saturated carbocycles. The number of benzene rings is 1. The van der Waals surface area contributed by atoms with E-state index in [1.165, 1.54) is 0 Å². The van der Waals surface area contributed by atoms with E-state index in [1.807, 2.05) is 35.2 Å². The Bertz CT molecular complexity index is 483. The quantitative estimate of drug-likeness (QED) is 0.923. The monoisotopic (exact) mass is 288 g/mol. The van der Waals surface area contributed by atoms with Gasteiger partial charge in [-0.05, 0) is 17.9 Å². The van der Waals surface area contributed by atoms with Crippen molar-refractivity contribution in [3.8, 4) is 0 Å². The average molecular weight is 288 g/mol. The minimum Gasteiger partial charge on any atom is -0.381 e. The Morgan fingerprint density at radius 3 is 2.71 bits per heavy atom.